The largest absolute Gasteiger partial charge is 0.444 e. The highest BCUT2D eigenvalue weighted by molar-refractivity contribution is 5.90. The number of cyclic esters (lactones) is 1. The number of hydrogen-bond donors (Lipinski definition) is 0. The van der Waals surface area contributed by atoms with Crippen LogP contribution in [0.2, 0.25) is 0 Å². The summed E-state index contributed by atoms with van der Waals surface area (Å²) in [5.41, 5.74) is 1.90. The van der Waals surface area contributed by atoms with E-state index in [1.807, 2.05) is 28.9 Å². The molecule has 0 N–H and O–H groups in total. The van der Waals surface area contributed by atoms with Crippen LogP contribution in [0.25, 0.3) is 0 Å². The van der Waals surface area contributed by atoms with Crippen molar-refractivity contribution >= 4 is 23.3 Å². The molecule has 0 spiro atoms. The van der Waals surface area contributed by atoms with Gasteiger partial charge in [0.1, 0.15) is 24.0 Å². The smallest absolute Gasteiger partial charge is 0.414 e. The minimum atomic E-state index is -0.350. The number of aromatic nitrogens is 3. The lowest BCUT2D eigenvalue weighted by atomic mass is 10.1. The van der Waals surface area contributed by atoms with E-state index in [0.29, 0.717) is 19.4 Å². The number of benzene rings is 1. The van der Waals surface area contributed by atoms with Gasteiger partial charge in [-0.1, -0.05) is 0 Å². The molecule has 0 bridgehead atoms. The van der Waals surface area contributed by atoms with Crippen molar-refractivity contribution in [3.8, 4) is 0 Å². The van der Waals surface area contributed by atoms with E-state index in [1.165, 1.54) is 0 Å². The van der Waals surface area contributed by atoms with E-state index in [2.05, 4.69) is 15.0 Å². The van der Waals surface area contributed by atoms with Gasteiger partial charge in [-0.3, -0.25) is 4.90 Å². The molecule has 1 fully saturated rings. The van der Waals surface area contributed by atoms with E-state index in [9.17, 15) is 9.59 Å². The Labute approximate surface area is 151 Å². The first kappa shape index (κ1) is 16.6. The molecule has 26 heavy (non-hydrogen) atoms. The van der Waals surface area contributed by atoms with E-state index in [1.54, 1.807) is 18.2 Å². The van der Waals surface area contributed by atoms with Crippen molar-refractivity contribution < 1.29 is 14.3 Å². The maximum Gasteiger partial charge on any atom is 0.414 e. The fourth-order valence-corrected chi connectivity index (χ4v) is 3.37. The summed E-state index contributed by atoms with van der Waals surface area (Å²) in [6, 6.07) is 7.89. The maximum atomic E-state index is 12.1. The van der Waals surface area contributed by atoms with Crippen molar-refractivity contribution in [1.29, 1.82) is 0 Å². The molecule has 1 aromatic carbocycles. The Balaban J connectivity index is 1.42. The number of hydrogen-bond acceptors (Lipinski definition) is 6. The highest BCUT2D eigenvalue weighted by Crippen LogP contribution is 2.27. The van der Waals surface area contributed by atoms with Crippen LogP contribution in [0.4, 0.5) is 16.2 Å². The number of carbonyl (C=O) groups excluding carboxylic acids is 2. The number of Topliss-reactive ketones (excluding diaryl/α,β-unsaturated/α-hetero) is 1. The van der Waals surface area contributed by atoms with E-state index in [4.69, 9.17) is 4.74 Å². The van der Waals surface area contributed by atoms with Crippen LogP contribution in [0.1, 0.15) is 25.6 Å². The molecule has 3 heterocycles. The number of anilines is 2. The van der Waals surface area contributed by atoms with E-state index in [0.717, 1.165) is 36.8 Å². The molecule has 1 atom stereocenters. The number of ketones is 1. The Morgan fingerprint density at radius 2 is 2.00 bits per heavy atom. The third-order valence-corrected chi connectivity index (χ3v) is 4.83. The van der Waals surface area contributed by atoms with Gasteiger partial charge in [0.25, 0.3) is 0 Å². The summed E-state index contributed by atoms with van der Waals surface area (Å²) >= 11 is 0. The summed E-state index contributed by atoms with van der Waals surface area (Å²) in [5, 5.41) is 4.19. The van der Waals surface area contributed by atoms with Crippen molar-refractivity contribution in [1.82, 2.24) is 14.8 Å². The van der Waals surface area contributed by atoms with E-state index < -0.39 is 0 Å². The molecular formula is C18H21N5O3. The molecule has 2 aliphatic rings. The van der Waals surface area contributed by atoms with Crippen molar-refractivity contribution in [2.45, 2.75) is 39.0 Å². The Bertz CT molecular complexity index is 816. The molecule has 0 radical (unpaired) electrons. The first-order chi connectivity index (χ1) is 12.6. The SMILES string of the molecule is CC(=O)CC[C@H]1CN(c2ccc(N3CCn4ncnc4C3)cc2)C(=O)O1. The van der Waals surface area contributed by atoms with Gasteiger partial charge in [-0.25, -0.2) is 14.5 Å². The van der Waals surface area contributed by atoms with Crippen LogP contribution in [0, 0.1) is 0 Å². The Kier molecular flexibility index (Phi) is 4.32. The van der Waals surface area contributed by atoms with Crippen LogP contribution in [0.15, 0.2) is 30.6 Å². The minimum Gasteiger partial charge on any atom is -0.444 e. The molecule has 1 aromatic heterocycles. The van der Waals surface area contributed by atoms with E-state index in [-0.39, 0.29) is 18.0 Å². The second kappa shape index (κ2) is 6.78. The molecule has 8 heteroatoms. The van der Waals surface area contributed by atoms with Crippen LogP contribution >= 0.6 is 0 Å². The maximum absolute atomic E-state index is 12.1. The normalized spacial score (nSPS) is 19.4. The Hall–Kier alpha value is -2.90. The number of ether oxygens (including phenoxy) is 1. The molecule has 136 valence electrons. The highest BCUT2D eigenvalue weighted by Gasteiger charge is 2.32. The Morgan fingerprint density at radius 3 is 2.77 bits per heavy atom. The van der Waals surface area contributed by atoms with Gasteiger partial charge in [0.2, 0.25) is 0 Å². The van der Waals surface area contributed by atoms with Crippen molar-refractivity contribution in [2.75, 3.05) is 22.9 Å². The number of carbonyl (C=O) groups is 2. The predicted molar refractivity (Wildman–Crippen MR) is 95.0 cm³/mol. The first-order valence-corrected chi connectivity index (χ1v) is 8.79. The summed E-state index contributed by atoms with van der Waals surface area (Å²) < 4.78 is 7.28. The molecule has 2 aromatic rings. The molecule has 0 saturated carbocycles. The molecule has 2 aliphatic heterocycles. The Morgan fingerprint density at radius 1 is 1.23 bits per heavy atom. The topological polar surface area (TPSA) is 80.6 Å². The lowest BCUT2D eigenvalue weighted by molar-refractivity contribution is -0.117. The average molecular weight is 355 g/mol. The summed E-state index contributed by atoms with van der Waals surface area (Å²) in [5.74, 6) is 1.07. The van der Waals surface area contributed by atoms with Gasteiger partial charge in [0, 0.05) is 24.3 Å². The third kappa shape index (κ3) is 3.26. The monoisotopic (exact) mass is 355 g/mol. The fourth-order valence-electron chi connectivity index (χ4n) is 3.37. The quantitative estimate of drug-likeness (QED) is 0.816. The number of nitrogens with zero attached hydrogens (tertiary/aromatic N) is 5. The van der Waals surface area contributed by atoms with Gasteiger partial charge in [-0.15, -0.1) is 0 Å². The van der Waals surface area contributed by atoms with Gasteiger partial charge < -0.3 is 14.4 Å². The summed E-state index contributed by atoms with van der Waals surface area (Å²) in [7, 11) is 0. The molecule has 4 rings (SSSR count). The lowest BCUT2D eigenvalue weighted by Crippen LogP contribution is -2.34. The van der Waals surface area contributed by atoms with Gasteiger partial charge in [0.15, 0.2) is 0 Å². The number of rotatable bonds is 5. The molecule has 0 unspecified atom stereocenters. The zero-order chi connectivity index (χ0) is 18.1. The summed E-state index contributed by atoms with van der Waals surface area (Å²) in [6.45, 7) is 4.44. The molecule has 1 saturated heterocycles. The zero-order valence-electron chi connectivity index (χ0n) is 14.7. The van der Waals surface area contributed by atoms with Crippen molar-refractivity contribution in [3.63, 3.8) is 0 Å². The average Bonchev–Trinajstić information content (AvgIpc) is 3.25. The molecule has 0 aliphatic carbocycles. The minimum absolute atomic E-state index is 0.112. The van der Waals surface area contributed by atoms with Crippen molar-refractivity contribution in [2.24, 2.45) is 0 Å². The van der Waals surface area contributed by atoms with Crippen LogP contribution in [-0.2, 0) is 22.6 Å². The highest BCUT2D eigenvalue weighted by atomic mass is 16.6. The predicted octanol–water partition coefficient (Wildman–Crippen LogP) is 1.99. The van der Waals surface area contributed by atoms with Crippen LogP contribution in [0.3, 0.4) is 0 Å². The number of amides is 1. The van der Waals surface area contributed by atoms with Gasteiger partial charge in [0.05, 0.1) is 19.6 Å². The van der Waals surface area contributed by atoms with Gasteiger partial charge in [-0.2, -0.15) is 5.10 Å². The van der Waals surface area contributed by atoms with Crippen molar-refractivity contribution in [3.05, 3.63) is 36.4 Å². The third-order valence-electron chi connectivity index (χ3n) is 4.83. The molecule has 8 nitrogen and oxygen atoms in total. The molecular weight excluding hydrogens is 334 g/mol. The van der Waals surface area contributed by atoms with Gasteiger partial charge in [-0.05, 0) is 37.6 Å². The second-order valence-electron chi connectivity index (χ2n) is 6.69. The number of fused-ring (bicyclic) bond motifs is 1. The summed E-state index contributed by atoms with van der Waals surface area (Å²) in [4.78, 5) is 31.4. The summed E-state index contributed by atoms with van der Waals surface area (Å²) in [6.07, 6.45) is 2.02. The zero-order valence-corrected chi connectivity index (χ0v) is 14.7. The van der Waals surface area contributed by atoms with Crippen LogP contribution in [0.5, 0.6) is 0 Å². The lowest BCUT2D eigenvalue weighted by Gasteiger charge is -2.29. The fraction of sp³-hybridized carbons (Fsp3) is 0.444. The standard InChI is InChI=1S/C18H21N5O3/c1-13(24)2-7-16-10-22(18(25)26-16)15-5-3-14(4-6-15)21-8-9-23-17(11-21)19-12-20-23/h3-6,12,16H,2,7-11H2,1H3/t16-/m0/s1. The van der Waals surface area contributed by atoms with Crippen LogP contribution < -0.4 is 9.80 Å². The molecule has 1 amide bonds. The van der Waals surface area contributed by atoms with Crippen LogP contribution in [-0.4, -0.2) is 45.8 Å². The van der Waals surface area contributed by atoms with E-state index >= 15 is 0 Å². The first-order valence-electron chi connectivity index (χ1n) is 8.79. The van der Waals surface area contributed by atoms with Gasteiger partial charge >= 0.3 is 6.09 Å². The second-order valence-corrected chi connectivity index (χ2v) is 6.69.